The molecule has 7 nitrogen and oxygen atoms in total. The molecule has 0 atom stereocenters. The predicted molar refractivity (Wildman–Crippen MR) is 130 cm³/mol. The third-order valence-corrected chi connectivity index (χ3v) is 6.22. The molecule has 0 radical (unpaired) electrons. The number of carbonyl (C=O) groups excluding carboxylic acids is 2. The zero-order valence-corrected chi connectivity index (χ0v) is 19.4. The smallest absolute Gasteiger partial charge is 0.340 e. The number of aromatic nitrogens is 2. The zero-order chi connectivity index (χ0) is 23.5. The van der Waals surface area contributed by atoms with Crippen molar-refractivity contribution in [1.29, 1.82) is 0 Å². The van der Waals surface area contributed by atoms with Gasteiger partial charge in [0, 0.05) is 10.4 Å². The number of hydrogen-bond acceptors (Lipinski definition) is 6. The molecule has 2 aromatic heterocycles. The number of para-hydroxylation sites is 1. The van der Waals surface area contributed by atoms with Crippen LogP contribution in [0.1, 0.15) is 27.7 Å². The Kier molecular flexibility index (Phi) is 6.37. The van der Waals surface area contributed by atoms with Crippen molar-refractivity contribution in [3.8, 4) is 11.1 Å². The average molecular weight is 462 g/mol. The van der Waals surface area contributed by atoms with E-state index in [9.17, 15) is 14.4 Å². The van der Waals surface area contributed by atoms with Gasteiger partial charge in [0.05, 0.1) is 29.6 Å². The molecule has 2 aromatic carbocycles. The molecule has 0 aliphatic heterocycles. The summed E-state index contributed by atoms with van der Waals surface area (Å²) >= 11 is 1.46. The largest absolute Gasteiger partial charge is 0.462 e. The molecule has 0 unspecified atom stereocenters. The van der Waals surface area contributed by atoms with Crippen LogP contribution >= 0.6 is 11.3 Å². The van der Waals surface area contributed by atoms with Gasteiger partial charge in [-0.15, -0.1) is 11.3 Å². The van der Waals surface area contributed by atoms with Crippen molar-refractivity contribution in [3.63, 3.8) is 0 Å². The first kappa shape index (κ1) is 22.4. The van der Waals surface area contributed by atoms with Crippen LogP contribution in [-0.2, 0) is 16.1 Å². The van der Waals surface area contributed by atoms with Gasteiger partial charge in [-0.25, -0.2) is 9.78 Å². The van der Waals surface area contributed by atoms with Crippen LogP contribution in [0.5, 0.6) is 0 Å². The molecule has 0 saturated heterocycles. The average Bonchev–Trinajstić information content (AvgIpc) is 3.13. The van der Waals surface area contributed by atoms with Crippen molar-refractivity contribution in [2.24, 2.45) is 0 Å². The number of carbonyl (C=O) groups is 2. The Morgan fingerprint density at radius 3 is 2.55 bits per heavy atom. The van der Waals surface area contributed by atoms with Gasteiger partial charge < -0.3 is 10.1 Å². The maximum absolute atomic E-state index is 13.3. The van der Waals surface area contributed by atoms with Crippen LogP contribution in [0.3, 0.4) is 0 Å². The molecule has 168 valence electrons. The molecule has 0 spiro atoms. The highest BCUT2D eigenvalue weighted by molar-refractivity contribution is 7.19. The standard InChI is InChI=1S/C25H23N3O4S/c1-4-32-25(31)18-7-5-6-8-19(18)27-20(29)13-28-14-26-23-22(24(28)30)21(16(3)33-23)17-11-9-15(2)10-12-17/h5-12,14H,4,13H2,1-3H3,(H,27,29). The third kappa shape index (κ3) is 4.56. The van der Waals surface area contributed by atoms with Crippen LogP contribution in [-0.4, -0.2) is 28.0 Å². The fraction of sp³-hybridized carbons (Fsp3) is 0.200. The summed E-state index contributed by atoms with van der Waals surface area (Å²) in [7, 11) is 0. The van der Waals surface area contributed by atoms with Gasteiger partial charge in [0.25, 0.3) is 5.56 Å². The fourth-order valence-electron chi connectivity index (χ4n) is 3.64. The maximum Gasteiger partial charge on any atom is 0.340 e. The number of hydrogen-bond donors (Lipinski definition) is 1. The van der Waals surface area contributed by atoms with Crippen LogP contribution in [0, 0.1) is 13.8 Å². The lowest BCUT2D eigenvalue weighted by molar-refractivity contribution is -0.116. The number of benzene rings is 2. The zero-order valence-electron chi connectivity index (χ0n) is 18.5. The number of nitrogens with zero attached hydrogens (tertiary/aromatic N) is 2. The highest BCUT2D eigenvalue weighted by Crippen LogP contribution is 2.35. The predicted octanol–water partition coefficient (Wildman–Crippen LogP) is 4.56. The molecule has 4 rings (SSSR count). The lowest BCUT2D eigenvalue weighted by Gasteiger charge is -2.11. The molecule has 1 N–H and O–H groups in total. The van der Waals surface area contributed by atoms with Crippen molar-refractivity contribution < 1.29 is 14.3 Å². The van der Waals surface area contributed by atoms with Crippen molar-refractivity contribution in [2.75, 3.05) is 11.9 Å². The first-order valence-corrected chi connectivity index (χ1v) is 11.3. The number of fused-ring (bicyclic) bond motifs is 1. The van der Waals surface area contributed by atoms with E-state index in [1.807, 2.05) is 38.1 Å². The number of nitrogens with one attached hydrogen (secondary N) is 1. The molecular formula is C25H23N3O4S. The van der Waals surface area contributed by atoms with Crippen molar-refractivity contribution >= 4 is 39.1 Å². The van der Waals surface area contributed by atoms with Crippen molar-refractivity contribution in [3.05, 3.63) is 81.2 Å². The van der Waals surface area contributed by atoms with E-state index in [1.54, 1.807) is 31.2 Å². The van der Waals surface area contributed by atoms with Gasteiger partial charge in [0.2, 0.25) is 5.91 Å². The molecular weight excluding hydrogens is 438 g/mol. The van der Waals surface area contributed by atoms with Crippen LogP contribution in [0.25, 0.3) is 21.3 Å². The summed E-state index contributed by atoms with van der Waals surface area (Å²) in [5.41, 5.74) is 3.21. The SMILES string of the molecule is CCOC(=O)c1ccccc1NC(=O)Cn1cnc2sc(C)c(-c3ccc(C)cc3)c2c1=O. The Labute approximate surface area is 194 Å². The maximum atomic E-state index is 13.3. The molecule has 0 bridgehead atoms. The van der Waals surface area contributed by atoms with Crippen molar-refractivity contribution in [1.82, 2.24) is 9.55 Å². The number of ether oxygens (including phenoxy) is 1. The number of anilines is 1. The molecule has 0 fully saturated rings. The highest BCUT2D eigenvalue weighted by Gasteiger charge is 2.19. The summed E-state index contributed by atoms with van der Waals surface area (Å²) < 4.78 is 6.33. The second-order valence-corrected chi connectivity index (χ2v) is 8.77. The Balaban J connectivity index is 1.65. The van der Waals surface area contributed by atoms with E-state index in [4.69, 9.17) is 4.74 Å². The Morgan fingerprint density at radius 1 is 1.09 bits per heavy atom. The Hall–Kier alpha value is -3.78. The van der Waals surface area contributed by atoms with Crippen LogP contribution in [0.2, 0.25) is 0 Å². The topological polar surface area (TPSA) is 90.3 Å². The van der Waals surface area contributed by atoms with E-state index in [0.717, 1.165) is 21.6 Å². The van der Waals surface area contributed by atoms with Gasteiger partial charge in [0.15, 0.2) is 0 Å². The number of esters is 1. The molecule has 33 heavy (non-hydrogen) atoms. The summed E-state index contributed by atoms with van der Waals surface area (Å²) in [6.45, 7) is 5.68. The molecule has 1 amide bonds. The Bertz CT molecular complexity index is 1400. The van der Waals surface area contributed by atoms with Gasteiger partial charge in [-0.1, -0.05) is 42.0 Å². The van der Waals surface area contributed by atoms with E-state index in [-0.39, 0.29) is 24.3 Å². The number of rotatable bonds is 6. The molecule has 2 heterocycles. The Morgan fingerprint density at radius 2 is 1.82 bits per heavy atom. The molecule has 0 saturated carbocycles. The first-order chi connectivity index (χ1) is 15.9. The van der Waals surface area contributed by atoms with E-state index >= 15 is 0 Å². The van der Waals surface area contributed by atoms with E-state index < -0.39 is 11.9 Å². The fourth-order valence-corrected chi connectivity index (χ4v) is 4.64. The lowest BCUT2D eigenvalue weighted by atomic mass is 10.0. The monoisotopic (exact) mass is 461 g/mol. The van der Waals surface area contributed by atoms with Gasteiger partial charge >= 0.3 is 5.97 Å². The minimum absolute atomic E-state index is 0.228. The summed E-state index contributed by atoms with van der Waals surface area (Å²) in [6.07, 6.45) is 1.39. The van der Waals surface area contributed by atoms with E-state index in [2.05, 4.69) is 10.3 Å². The van der Waals surface area contributed by atoms with Gasteiger partial charge in [-0.2, -0.15) is 0 Å². The highest BCUT2D eigenvalue weighted by atomic mass is 32.1. The number of aryl methyl sites for hydroxylation is 2. The quantitative estimate of drug-likeness (QED) is 0.425. The summed E-state index contributed by atoms with van der Waals surface area (Å²) in [5, 5.41) is 3.21. The second-order valence-electron chi connectivity index (χ2n) is 7.57. The summed E-state index contributed by atoms with van der Waals surface area (Å²) in [6, 6.07) is 14.6. The van der Waals surface area contributed by atoms with Gasteiger partial charge in [-0.05, 0) is 38.5 Å². The number of thiophene rings is 1. The molecule has 8 heteroatoms. The van der Waals surface area contributed by atoms with Gasteiger partial charge in [-0.3, -0.25) is 14.2 Å². The minimum atomic E-state index is -0.523. The minimum Gasteiger partial charge on any atom is -0.462 e. The normalized spacial score (nSPS) is 10.9. The summed E-state index contributed by atoms with van der Waals surface area (Å²) in [4.78, 5) is 44.3. The van der Waals surface area contributed by atoms with E-state index in [0.29, 0.717) is 15.9 Å². The van der Waals surface area contributed by atoms with Crippen molar-refractivity contribution in [2.45, 2.75) is 27.3 Å². The van der Waals surface area contributed by atoms with Gasteiger partial charge in [0.1, 0.15) is 11.4 Å². The first-order valence-electron chi connectivity index (χ1n) is 10.5. The lowest BCUT2D eigenvalue weighted by Crippen LogP contribution is -2.28. The molecule has 0 aliphatic rings. The third-order valence-electron chi connectivity index (χ3n) is 5.21. The van der Waals surface area contributed by atoms with Crippen LogP contribution in [0.15, 0.2) is 59.7 Å². The van der Waals surface area contributed by atoms with E-state index in [1.165, 1.54) is 22.2 Å². The van der Waals surface area contributed by atoms with Crippen LogP contribution in [0.4, 0.5) is 5.69 Å². The second kappa shape index (κ2) is 9.38. The molecule has 4 aromatic rings. The van der Waals surface area contributed by atoms with Crippen LogP contribution < -0.4 is 10.9 Å². The molecule has 0 aliphatic carbocycles. The summed E-state index contributed by atoms with van der Waals surface area (Å²) in [5.74, 6) is -0.969. The number of amides is 1.